The molecule has 64 valence electrons. The predicted octanol–water partition coefficient (Wildman–Crippen LogP) is 3.61. The van der Waals surface area contributed by atoms with E-state index in [0.717, 1.165) is 12.2 Å². The molecule has 0 N–H and O–H groups in total. The summed E-state index contributed by atoms with van der Waals surface area (Å²) >= 11 is 0. The van der Waals surface area contributed by atoms with Crippen molar-refractivity contribution >= 4 is 0 Å². The molecule has 0 aliphatic heterocycles. The third kappa shape index (κ3) is 25.7. The first-order valence-electron chi connectivity index (χ1n) is 4.03. The minimum Gasteiger partial charge on any atom is -0.502 e. The third-order valence-electron chi connectivity index (χ3n) is 0.683. The molecule has 1 nitrogen and oxygen atoms in total. The molecule has 0 spiro atoms. The number of hydrogen-bond acceptors (Lipinski definition) is 1. The van der Waals surface area contributed by atoms with Gasteiger partial charge in [-0.05, 0) is 0 Å². The highest BCUT2D eigenvalue weighted by Crippen LogP contribution is 1.92. The van der Waals surface area contributed by atoms with Crippen LogP contribution >= 0.6 is 0 Å². The van der Waals surface area contributed by atoms with E-state index in [0.29, 0.717) is 0 Å². The van der Waals surface area contributed by atoms with Crippen LogP contribution in [0, 0.1) is 0 Å². The zero-order valence-corrected chi connectivity index (χ0v) is 8.32. The molecule has 0 radical (unpaired) electrons. The molecule has 0 unspecified atom stereocenters. The summed E-state index contributed by atoms with van der Waals surface area (Å²) in [4.78, 5) is 0. The number of ether oxygens (including phenoxy) is 1. The zero-order chi connectivity index (χ0) is 8.99. The maximum absolute atomic E-state index is 4.70. The van der Waals surface area contributed by atoms with Crippen LogP contribution in [0.1, 0.15) is 41.0 Å². The average molecular weight is 146 g/mol. The molecule has 0 rings (SSSR count). The lowest BCUT2D eigenvalue weighted by atomic mass is 10.4. The third-order valence-corrected chi connectivity index (χ3v) is 0.683. The van der Waals surface area contributed by atoms with Gasteiger partial charge in [0.1, 0.15) is 0 Å². The average Bonchev–Trinajstić information content (AvgIpc) is 2.10. The molecule has 10 heavy (non-hydrogen) atoms. The first kappa shape index (κ1) is 16.3. The van der Waals surface area contributed by atoms with Gasteiger partial charge in [-0.15, -0.1) is 0 Å². The van der Waals surface area contributed by atoms with E-state index in [1.807, 2.05) is 34.6 Å². The smallest absolute Gasteiger partial charge is 0.0881 e. The van der Waals surface area contributed by atoms with Gasteiger partial charge in [0.15, 0.2) is 0 Å². The van der Waals surface area contributed by atoms with Crippen molar-refractivity contribution in [2.75, 3.05) is 7.11 Å². The van der Waals surface area contributed by atoms with Gasteiger partial charge in [-0.2, -0.15) is 0 Å². The van der Waals surface area contributed by atoms with Crippen LogP contribution in [0.2, 0.25) is 0 Å². The van der Waals surface area contributed by atoms with Crippen LogP contribution < -0.4 is 0 Å². The van der Waals surface area contributed by atoms with E-state index in [1.165, 1.54) is 0 Å². The Morgan fingerprint density at radius 1 is 1.20 bits per heavy atom. The lowest BCUT2D eigenvalue weighted by Crippen LogP contribution is -1.77. The highest BCUT2D eigenvalue weighted by Gasteiger charge is 1.77. The van der Waals surface area contributed by atoms with Crippen molar-refractivity contribution in [2.45, 2.75) is 41.0 Å². The number of allylic oxidation sites excluding steroid dienone is 1. The molecule has 0 saturated carbocycles. The first-order chi connectivity index (χ1) is 4.81. The van der Waals surface area contributed by atoms with Crippen molar-refractivity contribution in [3.05, 3.63) is 12.3 Å². The van der Waals surface area contributed by atoms with E-state index in [9.17, 15) is 0 Å². The topological polar surface area (TPSA) is 9.23 Å². The van der Waals surface area contributed by atoms with Crippen LogP contribution in [-0.2, 0) is 4.74 Å². The minimum absolute atomic E-state index is 0.843. The number of methoxy groups -OCH3 is 1. The zero-order valence-electron chi connectivity index (χ0n) is 8.32. The van der Waals surface area contributed by atoms with Gasteiger partial charge in [-0.1, -0.05) is 41.2 Å². The van der Waals surface area contributed by atoms with E-state index in [-0.39, 0.29) is 0 Å². The lowest BCUT2D eigenvalue weighted by Gasteiger charge is -1.94. The highest BCUT2D eigenvalue weighted by atomic mass is 16.5. The van der Waals surface area contributed by atoms with Gasteiger partial charge in [0.2, 0.25) is 0 Å². The van der Waals surface area contributed by atoms with E-state index < -0.39 is 0 Å². The monoisotopic (exact) mass is 146 g/mol. The fraction of sp³-hybridized carbons (Fsp3) is 0.778. The molecule has 0 saturated heterocycles. The summed E-state index contributed by atoms with van der Waals surface area (Å²) in [6.45, 7) is 13.6. The van der Waals surface area contributed by atoms with Crippen molar-refractivity contribution < 1.29 is 4.74 Å². The standard InChI is InChI=1S/C5H10O.2C2H6/c1-4-5(2)6-3;2*1-2/h2,4H2,1,3H3;2*1-2H3. The van der Waals surface area contributed by atoms with Gasteiger partial charge in [-0.3, -0.25) is 0 Å². The van der Waals surface area contributed by atoms with Crippen LogP contribution in [0.5, 0.6) is 0 Å². The summed E-state index contributed by atoms with van der Waals surface area (Å²) in [5.74, 6) is 0.843. The van der Waals surface area contributed by atoms with Crippen molar-refractivity contribution in [2.24, 2.45) is 0 Å². The summed E-state index contributed by atoms with van der Waals surface area (Å²) in [6, 6.07) is 0. The largest absolute Gasteiger partial charge is 0.502 e. The van der Waals surface area contributed by atoms with Gasteiger partial charge in [-0.25, -0.2) is 0 Å². The maximum atomic E-state index is 4.70. The van der Waals surface area contributed by atoms with Crippen LogP contribution in [0.25, 0.3) is 0 Å². The molecule has 0 aliphatic rings. The van der Waals surface area contributed by atoms with Crippen LogP contribution in [0.3, 0.4) is 0 Å². The molecule has 1 heteroatoms. The van der Waals surface area contributed by atoms with E-state index >= 15 is 0 Å². The summed E-state index contributed by atoms with van der Waals surface area (Å²) in [5.41, 5.74) is 0. The van der Waals surface area contributed by atoms with Crippen LogP contribution in [0.15, 0.2) is 12.3 Å². The Balaban J connectivity index is -0.000000105. The van der Waals surface area contributed by atoms with Gasteiger partial charge >= 0.3 is 0 Å². The molecule has 0 aromatic heterocycles. The molecule has 0 aromatic carbocycles. The Labute approximate surface area is 66.1 Å². The van der Waals surface area contributed by atoms with Gasteiger partial charge in [0.05, 0.1) is 12.9 Å². The fourth-order valence-corrected chi connectivity index (χ4v) is 0.144. The second kappa shape index (κ2) is 23.6. The van der Waals surface area contributed by atoms with Gasteiger partial charge < -0.3 is 4.74 Å². The maximum Gasteiger partial charge on any atom is 0.0881 e. The van der Waals surface area contributed by atoms with Crippen molar-refractivity contribution in [1.29, 1.82) is 0 Å². The van der Waals surface area contributed by atoms with E-state index in [2.05, 4.69) is 6.58 Å². The second-order valence-electron chi connectivity index (χ2n) is 1.10. The molecular formula is C9H22O. The van der Waals surface area contributed by atoms with Crippen molar-refractivity contribution in [3.63, 3.8) is 0 Å². The minimum atomic E-state index is 0.843. The summed E-state index contributed by atoms with van der Waals surface area (Å²) in [6.07, 6.45) is 0.913. The molecule has 0 atom stereocenters. The Kier molecular flexibility index (Phi) is 38.3. The normalized spacial score (nSPS) is 5.80. The Hall–Kier alpha value is -0.460. The lowest BCUT2D eigenvalue weighted by molar-refractivity contribution is 0.283. The Bertz CT molecular complexity index is 42.7. The highest BCUT2D eigenvalue weighted by molar-refractivity contribution is 4.77. The number of hydrogen-bond donors (Lipinski definition) is 0. The Morgan fingerprint density at radius 3 is 1.50 bits per heavy atom. The van der Waals surface area contributed by atoms with Crippen LogP contribution in [-0.4, -0.2) is 7.11 Å². The SMILES string of the molecule is C=C(CC)OC.CC.CC. The number of rotatable bonds is 2. The molecule has 0 amide bonds. The second-order valence-corrected chi connectivity index (χ2v) is 1.10. The van der Waals surface area contributed by atoms with E-state index in [1.54, 1.807) is 7.11 Å². The quantitative estimate of drug-likeness (QED) is 0.541. The summed E-state index contributed by atoms with van der Waals surface area (Å²) < 4.78 is 4.70. The molecule has 0 aliphatic carbocycles. The molecular weight excluding hydrogens is 124 g/mol. The summed E-state index contributed by atoms with van der Waals surface area (Å²) in [5, 5.41) is 0. The Morgan fingerprint density at radius 2 is 1.50 bits per heavy atom. The van der Waals surface area contributed by atoms with Crippen molar-refractivity contribution in [1.82, 2.24) is 0 Å². The molecule has 0 bridgehead atoms. The molecule has 0 fully saturated rings. The van der Waals surface area contributed by atoms with Gasteiger partial charge in [0, 0.05) is 6.42 Å². The van der Waals surface area contributed by atoms with Gasteiger partial charge in [0.25, 0.3) is 0 Å². The van der Waals surface area contributed by atoms with Crippen LogP contribution in [0.4, 0.5) is 0 Å². The van der Waals surface area contributed by atoms with E-state index in [4.69, 9.17) is 4.74 Å². The first-order valence-corrected chi connectivity index (χ1v) is 4.03. The molecule has 0 heterocycles. The molecule has 0 aromatic rings. The summed E-state index contributed by atoms with van der Waals surface area (Å²) in [7, 11) is 1.63. The van der Waals surface area contributed by atoms with Crippen molar-refractivity contribution in [3.8, 4) is 0 Å². The predicted molar refractivity (Wildman–Crippen MR) is 49.1 cm³/mol. The fourth-order valence-electron chi connectivity index (χ4n) is 0.144.